The number of benzene rings is 2. The molecule has 1 aliphatic heterocycles. The van der Waals surface area contributed by atoms with E-state index in [9.17, 15) is 22.8 Å². The van der Waals surface area contributed by atoms with E-state index in [4.69, 9.17) is 4.42 Å². The van der Waals surface area contributed by atoms with Gasteiger partial charge in [0.15, 0.2) is 23.2 Å². The lowest BCUT2D eigenvalue weighted by molar-refractivity contribution is 0.0702. The van der Waals surface area contributed by atoms with E-state index in [2.05, 4.69) is 20.4 Å². The van der Waals surface area contributed by atoms with Crippen LogP contribution >= 0.6 is 0 Å². The van der Waals surface area contributed by atoms with Crippen LogP contribution in [0, 0.1) is 5.82 Å². The molecule has 0 spiro atoms. The van der Waals surface area contributed by atoms with Crippen LogP contribution in [0.5, 0.6) is 0 Å². The lowest BCUT2D eigenvalue weighted by Crippen LogP contribution is -2.39. The smallest absolute Gasteiger partial charge is 0.295 e. The fourth-order valence-corrected chi connectivity index (χ4v) is 4.62. The van der Waals surface area contributed by atoms with Crippen molar-refractivity contribution in [2.24, 2.45) is 0 Å². The molecule has 1 N–H and O–H groups in total. The molecule has 192 valence electrons. The second-order valence-electron chi connectivity index (χ2n) is 8.86. The number of halogens is 3. The first-order chi connectivity index (χ1) is 18.4. The predicted octanol–water partition coefficient (Wildman–Crippen LogP) is 4.10. The number of H-pyrrole nitrogens is 1. The molecule has 0 aliphatic carbocycles. The molecule has 6 rings (SSSR count). The zero-order chi connectivity index (χ0) is 26.4. The molecule has 1 aliphatic rings. The molecule has 0 saturated carbocycles. The van der Waals surface area contributed by atoms with E-state index < -0.39 is 23.9 Å². The van der Waals surface area contributed by atoms with E-state index in [1.54, 1.807) is 34.9 Å². The minimum absolute atomic E-state index is 0.0596. The van der Waals surface area contributed by atoms with Crippen molar-refractivity contribution >= 4 is 16.7 Å². The Morgan fingerprint density at radius 2 is 1.87 bits per heavy atom. The van der Waals surface area contributed by atoms with Gasteiger partial charge in [0.25, 0.3) is 17.9 Å². The molecule has 0 saturated heterocycles. The normalized spacial score (nSPS) is 13.3. The molecule has 0 atom stereocenters. The third-order valence-electron chi connectivity index (χ3n) is 6.51. The average Bonchev–Trinajstić information content (AvgIpc) is 3.58. The van der Waals surface area contributed by atoms with Crippen molar-refractivity contribution in [2.45, 2.75) is 25.9 Å². The molecule has 0 fully saturated rings. The Labute approximate surface area is 212 Å². The van der Waals surface area contributed by atoms with Crippen LogP contribution in [0.2, 0.25) is 0 Å². The molecule has 9 nitrogen and oxygen atoms in total. The highest BCUT2D eigenvalue weighted by atomic mass is 19.3. The van der Waals surface area contributed by atoms with Crippen LogP contribution in [0.1, 0.15) is 39.6 Å². The fourth-order valence-electron chi connectivity index (χ4n) is 4.62. The fraction of sp³-hybridized carbons (Fsp3) is 0.192. The van der Waals surface area contributed by atoms with Gasteiger partial charge in [-0.05, 0) is 35.9 Å². The summed E-state index contributed by atoms with van der Waals surface area (Å²) in [6.07, 6.45) is -2.47. The Balaban J connectivity index is 1.24. The summed E-state index contributed by atoms with van der Waals surface area (Å²) < 4.78 is 47.5. The second kappa shape index (κ2) is 9.29. The van der Waals surface area contributed by atoms with E-state index >= 15 is 0 Å². The minimum atomic E-state index is -2.75. The monoisotopic (exact) mass is 520 g/mol. The van der Waals surface area contributed by atoms with Crippen molar-refractivity contribution in [3.63, 3.8) is 0 Å². The summed E-state index contributed by atoms with van der Waals surface area (Å²) in [7, 11) is 0. The maximum Gasteiger partial charge on any atom is 0.295 e. The van der Waals surface area contributed by atoms with E-state index in [1.807, 2.05) is 0 Å². The van der Waals surface area contributed by atoms with Crippen LogP contribution < -0.4 is 5.56 Å². The lowest BCUT2D eigenvalue weighted by atomic mass is 10.0. The number of furan rings is 1. The predicted molar refractivity (Wildman–Crippen MR) is 129 cm³/mol. The number of hydrogen-bond donors (Lipinski definition) is 1. The second-order valence-corrected chi connectivity index (χ2v) is 8.86. The first-order valence-corrected chi connectivity index (χ1v) is 11.7. The summed E-state index contributed by atoms with van der Waals surface area (Å²) in [4.78, 5) is 26.8. The number of aromatic nitrogens is 5. The van der Waals surface area contributed by atoms with Gasteiger partial charge in [0.05, 0.1) is 23.2 Å². The first-order valence-electron chi connectivity index (χ1n) is 11.7. The summed E-state index contributed by atoms with van der Waals surface area (Å²) in [6, 6.07) is 13.9. The van der Waals surface area contributed by atoms with Crippen molar-refractivity contribution in [2.75, 3.05) is 6.54 Å². The Morgan fingerprint density at radius 3 is 2.66 bits per heavy atom. The largest absolute Gasteiger partial charge is 0.452 e. The van der Waals surface area contributed by atoms with E-state index in [0.29, 0.717) is 27.9 Å². The van der Waals surface area contributed by atoms with Gasteiger partial charge < -0.3 is 13.9 Å². The Kier molecular flexibility index (Phi) is 5.78. The number of fused-ring (bicyclic) bond motifs is 2. The third kappa shape index (κ3) is 4.13. The Morgan fingerprint density at radius 1 is 1.05 bits per heavy atom. The molecule has 0 unspecified atom stereocenters. The maximum absolute atomic E-state index is 14.8. The van der Waals surface area contributed by atoms with Crippen molar-refractivity contribution in [1.82, 2.24) is 29.9 Å². The standard InChI is InChI=1S/C26H19F3N6O3/c27-18-6-5-14(12-19-15-3-1-2-4-16(15)25(36)33-30-19)11-17(18)26(37)34-9-10-35-22(13-34)31-32-24(35)21-8-7-20(38-21)23(28)29/h1-8,11,23H,9-10,12-13H2,(H,33,36). The number of alkyl halides is 2. The molecule has 38 heavy (non-hydrogen) atoms. The highest BCUT2D eigenvalue weighted by molar-refractivity contribution is 5.94. The zero-order valence-electron chi connectivity index (χ0n) is 19.7. The summed E-state index contributed by atoms with van der Waals surface area (Å²) in [5.41, 5.74) is 0.838. The highest BCUT2D eigenvalue weighted by Gasteiger charge is 2.28. The number of carbonyl (C=O) groups is 1. The van der Waals surface area contributed by atoms with Crippen LogP contribution in [-0.4, -0.2) is 42.3 Å². The number of rotatable bonds is 5. The summed E-state index contributed by atoms with van der Waals surface area (Å²) in [5.74, 6) is -0.785. The molecule has 4 heterocycles. The van der Waals surface area contributed by atoms with Gasteiger partial charge in [0.1, 0.15) is 5.82 Å². The van der Waals surface area contributed by atoms with E-state index in [-0.39, 0.29) is 48.8 Å². The van der Waals surface area contributed by atoms with Crippen LogP contribution in [-0.2, 0) is 19.5 Å². The number of nitrogens with one attached hydrogen (secondary N) is 1. The number of amides is 1. The van der Waals surface area contributed by atoms with Crippen LogP contribution in [0.15, 0.2) is 63.8 Å². The highest BCUT2D eigenvalue weighted by Crippen LogP contribution is 2.29. The average molecular weight is 520 g/mol. The molecule has 0 bridgehead atoms. The van der Waals surface area contributed by atoms with Crippen LogP contribution in [0.25, 0.3) is 22.4 Å². The number of aromatic amines is 1. The molecule has 2 aromatic carbocycles. The number of hydrogen-bond acceptors (Lipinski definition) is 6. The van der Waals surface area contributed by atoms with Gasteiger partial charge in [-0.15, -0.1) is 10.2 Å². The number of carbonyl (C=O) groups excluding carboxylic acids is 1. The zero-order valence-corrected chi connectivity index (χ0v) is 19.7. The summed E-state index contributed by atoms with van der Waals surface area (Å²) >= 11 is 0. The van der Waals surface area contributed by atoms with Gasteiger partial charge >= 0.3 is 0 Å². The van der Waals surface area contributed by atoms with Gasteiger partial charge in [-0.2, -0.15) is 5.10 Å². The SMILES string of the molecule is O=C(c1cc(Cc2n[nH]c(=O)c3ccccc23)ccc1F)N1CCn2c(nnc2-c2ccc(C(F)F)o2)C1. The van der Waals surface area contributed by atoms with Gasteiger partial charge in [-0.3, -0.25) is 9.59 Å². The van der Waals surface area contributed by atoms with Crippen molar-refractivity contribution in [3.05, 3.63) is 99.2 Å². The third-order valence-corrected chi connectivity index (χ3v) is 6.51. The van der Waals surface area contributed by atoms with E-state index in [0.717, 1.165) is 0 Å². The summed E-state index contributed by atoms with van der Waals surface area (Å²) in [6.45, 7) is 0.571. The van der Waals surface area contributed by atoms with Crippen LogP contribution in [0.3, 0.4) is 0 Å². The molecule has 5 aromatic rings. The Hall–Kier alpha value is -4.74. The number of nitrogens with zero attached hydrogens (tertiary/aromatic N) is 5. The lowest BCUT2D eigenvalue weighted by Gasteiger charge is -2.28. The van der Waals surface area contributed by atoms with Gasteiger partial charge in [-0.1, -0.05) is 24.3 Å². The maximum atomic E-state index is 14.8. The van der Waals surface area contributed by atoms with Crippen molar-refractivity contribution in [1.29, 1.82) is 0 Å². The molecule has 1 amide bonds. The first kappa shape index (κ1) is 23.6. The van der Waals surface area contributed by atoms with Gasteiger partial charge in [-0.25, -0.2) is 18.3 Å². The topological polar surface area (TPSA) is 110 Å². The minimum Gasteiger partial charge on any atom is -0.452 e. The van der Waals surface area contributed by atoms with Crippen molar-refractivity contribution in [3.8, 4) is 11.6 Å². The molecular formula is C26H19F3N6O3. The van der Waals surface area contributed by atoms with Crippen LogP contribution in [0.4, 0.5) is 13.2 Å². The molecule has 3 aromatic heterocycles. The molecule has 12 heteroatoms. The van der Waals surface area contributed by atoms with Gasteiger partial charge in [0, 0.05) is 24.9 Å². The van der Waals surface area contributed by atoms with E-state index in [1.165, 1.54) is 29.2 Å². The molecule has 0 radical (unpaired) electrons. The Bertz CT molecular complexity index is 1740. The quantitative estimate of drug-likeness (QED) is 0.374. The molecular weight excluding hydrogens is 501 g/mol. The van der Waals surface area contributed by atoms with Crippen molar-refractivity contribution < 1.29 is 22.4 Å². The summed E-state index contributed by atoms with van der Waals surface area (Å²) in [5, 5.41) is 15.9. The van der Waals surface area contributed by atoms with Gasteiger partial charge in [0.2, 0.25) is 0 Å².